The second-order valence-electron chi connectivity index (χ2n) is 7.49. The van der Waals surface area contributed by atoms with Crippen molar-refractivity contribution in [2.24, 2.45) is 0 Å². The van der Waals surface area contributed by atoms with Crippen LogP contribution in [0.25, 0.3) is 10.2 Å². The highest BCUT2D eigenvalue weighted by Crippen LogP contribution is 2.25. The van der Waals surface area contributed by atoms with Crippen molar-refractivity contribution in [1.29, 1.82) is 0 Å². The summed E-state index contributed by atoms with van der Waals surface area (Å²) < 4.78 is 6.82. The van der Waals surface area contributed by atoms with Crippen molar-refractivity contribution in [3.05, 3.63) is 58.2 Å². The maximum atomic E-state index is 12.5. The maximum Gasteiger partial charge on any atom is 0.257 e. The summed E-state index contributed by atoms with van der Waals surface area (Å²) in [6.07, 6.45) is 5.06. The number of nitrogens with one attached hydrogen (secondary N) is 1. The van der Waals surface area contributed by atoms with Gasteiger partial charge in [0.25, 0.3) is 5.91 Å². The van der Waals surface area contributed by atoms with Gasteiger partial charge in [-0.05, 0) is 24.6 Å². The van der Waals surface area contributed by atoms with Gasteiger partial charge in [0, 0.05) is 29.9 Å². The monoisotopic (exact) mass is 414 g/mol. The van der Waals surface area contributed by atoms with E-state index < -0.39 is 0 Å². The van der Waals surface area contributed by atoms with Crippen molar-refractivity contribution < 1.29 is 10.6 Å². The van der Waals surface area contributed by atoms with Crippen molar-refractivity contribution in [1.82, 2.24) is 15.0 Å². The second kappa shape index (κ2) is 7.44. The highest BCUT2D eigenvalue weighted by Gasteiger charge is 2.19. The number of hydrogen-bond donors (Lipinski definition) is 1. The molecule has 0 aliphatic rings. The fraction of sp³-hybridized carbons (Fsp3) is 0.300. The number of fused-ring (bicyclic) bond motifs is 1. The smallest absolute Gasteiger partial charge is 0.257 e. The van der Waals surface area contributed by atoms with Crippen LogP contribution in [0.3, 0.4) is 0 Å². The van der Waals surface area contributed by atoms with E-state index in [4.69, 9.17) is 4.42 Å². The topological polar surface area (TPSA) is 80.9 Å². The SMILES string of the molecule is CC(C)(C)c1cnc(CCc2cnc(NC(=O)c3ccc4ncsc4c3)s2)o1.[HH]. The van der Waals surface area contributed by atoms with E-state index in [1.54, 1.807) is 24.0 Å². The number of benzene rings is 1. The molecule has 0 fully saturated rings. The Balaban J connectivity index is 0.00000240. The zero-order chi connectivity index (χ0) is 19.7. The largest absolute Gasteiger partial charge is 0.445 e. The van der Waals surface area contributed by atoms with E-state index >= 15 is 0 Å². The Bertz CT molecular complexity index is 1130. The zero-order valence-corrected chi connectivity index (χ0v) is 17.5. The zero-order valence-electron chi connectivity index (χ0n) is 15.9. The van der Waals surface area contributed by atoms with Gasteiger partial charge in [-0.15, -0.1) is 22.7 Å². The predicted octanol–water partition coefficient (Wildman–Crippen LogP) is 5.32. The summed E-state index contributed by atoms with van der Waals surface area (Å²) in [6.45, 7) is 6.30. The van der Waals surface area contributed by atoms with Crippen LogP contribution in [0.2, 0.25) is 0 Å². The van der Waals surface area contributed by atoms with E-state index in [1.165, 1.54) is 22.7 Å². The van der Waals surface area contributed by atoms with E-state index in [9.17, 15) is 4.79 Å². The number of nitrogens with zero attached hydrogens (tertiary/aromatic N) is 3. The van der Waals surface area contributed by atoms with Gasteiger partial charge in [-0.1, -0.05) is 20.8 Å². The fourth-order valence-corrected chi connectivity index (χ4v) is 4.17. The number of anilines is 1. The van der Waals surface area contributed by atoms with Gasteiger partial charge in [-0.25, -0.2) is 15.0 Å². The average Bonchev–Trinajstić information content (AvgIpc) is 3.39. The minimum absolute atomic E-state index is 0. The van der Waals surface area contributed by atoms with Gasteiger partial charge in [0.15, 0.2) is 11.0 Å². The number of hydrogen-bond acceptors (Lipinski definition) is 7. The number of carbonyl (C=O) groups excluding carboxylic acids is 1. The summed E-state index contributed by atoms with van der Waals surface area (Å²) in [5, 5.41) is 3.46. The minimum atomic E-state index is -0.168. The minimum Gasteiger partial charge on any atom is -0.445 e. The number of thiazole rings is 2. The molecule has 3 aromatic heterocycles. The van der Waals surface area contributed by atoms with E-state index in [0.717, 1.165) is 33.2 Å². The van der Waals surface area contributed by atoms with Gasteiger partial charge < -0.3 is 4.42 Å². The van der Waals surface area contributed by atoms with Gasteiger partial charge in [-0.2, -0.15) is 0 Å². The van der Waals surface area contributed by atoms with Crippen LogP contribution in [0, 0.1) is 0 Å². The number of aromatic nitrogens is 3. The Morgan fingerprint density at radius 1 is 1.18 bits per heavy atom. The summed E-state index contributed by atoms with van der Waals surface area (Å²) >= 11 is 2.99. The van der Waals surface area contributed by atoms with Crippen LogP contribution in [-0.2, 0) is 18.3 Å². The Hall–Kier alpha value is -2.58. The number of oxazole rings is 1. The molecule has 1 amide bonds. The summed E-state index contributed by atoms with van der Waals surface area (Å²) in [4.78, 5) is 26.5. The molecule has 6 nitrogen and oxygen atoms in total. The number of aryl methyl sites for hydroxylation is 2. The van der Waals surface area contributed by atoms with Crippen LogP contribution in [0.4, 0.5) is 5.13 Å². The maximum absolute atomic E-state index is 12.5. The Kier molecular flexibility index (Phi) is 4.99. The molecule has 1 N–H and O–H groups in total. The van der Waals surface area contributed by atoms with Gasteiger partial charge in [-0.3, -0.25) is 10.1 Å². The standard InChI is InChI=1S/C20H20N4O2S2.H2/c1-20(2,3)16-10-21-17(26-16)7-5-13-9-22-19(28-13)24-18(25)12-4-6-14-15(8-12)27-11-23-14;/h4,6,8-11H,5,7H2,1-3H3,(H,22,24,25);1H. The van der Waals surface area contributed by atoms with E-state index in [2.05, 4.69) is 41.0 Å². The third kappa shape index (κ3) is 4.13. The van der Waals surface area contributed by atoms with Gasteiger partial charge in [0.1, 0.15) is 5.76 Å². The van der Waals surface area contributed by atoms with Crippen molar-refractivity contribution in [3.8, 4) is 0 Å². The Morgan fingerprint density at radius 3 is 2.82 bits per heavy atom. The summed E-state index contributed by atoms with van der Waals surface area (Å²) in [7, 11) is 0. The van der Waals surface area contributed by atoms with Crippen LogP contribution in [0.15, 0.2) is 40.5 Å². The summed E-state index contributed by atoms with van der Waals surface area (Å²) in [6, 6.07) is 5.49. The molecule has 0 aliphatic heterocycles. The van der Waals surface area contributed by atoms with Crippen molar-refractivity contribution in [2.45, 2.75) is 39.0 Å². The van der Waals surface area contributed by atoms with Gasteiger partial charge >= 0.3 is 0 Å². The lowest BCUT2D eigenvalue weighted by atomic mass is 9.94. The first-order valence-electron chi connectivity index (χ1n) is 8.93. The molecule has 146 valence electrons. The molecule has 0 radical (unpaired) electrons. The molecular weight excluding hydrogens is 392 g/mol. The number of amides is 1. The van der Waals surface area contributed by atoms with Crippen molar-refractivity contribution in [3.63, 3.8) is 0 Å². The second-order valence-corrected chi connectivity index (χ2v) is 9.49. The Labute approximate surface area is 172 Å². The molecular formula is C20H22N4O2S2. The fourth-order valence-electron chi connectivity index (χ4n) is 2.65. The van der Waals surface area contributed by atoms with Crippen LogP contribution < -0.4 is 5.32 Å². The lowest BCUT2D eigenvalue weighted by molar-refractivity contribution is 0.102. The van der Waals surface area contributed by atoms with E-state index in [1.807, 2.05) is 12.1 Å². The molecule has 0 spiro atoms. The molecule has 0 bridgehead atoms. The van der Waals surface area contributed by atoms with Gasteiger partial charge in [0.2, 0.25) is 0 Å². The molecule has 28 heavy (non-hydrogen) atoms. The molecule has 3 heterocycles. The average molecular weight is 415 g/mol. The molecule has 0 unspecified atom stereocenters. The summed E-state index contributed by atoms with van der Waals surface area (Å²) in [5.74, 6) is 1.44. The first-order valence-corrected chi connectivity index (χ1v) is 10.6. The van der Waals surface area contributed by atoms with Gasteiger partial charge in [0.05, 0.1) is 21.9 Å². The van der Waals surface area contributed by atoms with Crippen LogP contribution in [-0.4, -0.2) is 20.9 Å². The quantitative estimate of drug-likeness (QED) is 0.478. The van der Waals surface area contributed by atoms with Crippen molar-refractivity contribution >= 4 is 43.9 Å². The summed E-state index contributed by atoms with van der Waals surface area (Å²) in [5.41, 5.74) is 3.23. The predicted molar refractivity (Wildman–Crippen MR) is 114 cm³/mol. The van der Waals surface area contributed by atoms with Crippen molar-refractivity contribution in [2.75, 3.05) is 5.32 Å². The molecule has 1 aromatic carbocycles. The van der Waals surface area contributed by atoms with Crippen LogP contribution in [0.1, 0.15) is 49.1 Å². The first-order chi connectivity index (χ1) is 13.4. The lowest BCUT2D eigenvalue weighted by Gasteiger charge is -2.12. The lowest BCUT2D eigenvalue weighted by Crippen LogP contribution is -2.11. The normalized spacial score (nSPS) is 11.8. The van der Waals surface area contributed by atoms with E-state index in [0.29, 0.717) is 17.1 Å². The molecule has 8 heteroatoms. The Morgan fingerprint density at radius 2 is 2.04 bits per heavy atom. The molecule has 0 aliphatic carbocycles. The third-order valence-electron chi connectivity index (χ3n) is 4.25. The molecule has 0 saturated carbocycles. The number of rotatable bonds is 5. The highest BCUT2D eigenvalue weighted by atomic mass is 32.1. The number of carbonyl (C=O) groups is 1. The highest BCUT2D eigenvalue weighted by molar-refractivity contribution is 7.16. The third-order valence-corrected chi connectivity index (χ3v) is 6.01. The first kappa shape index (κ1) is 18.8. The molecule has 0 atom stereocenters. The van der Waals surface area contributed by atoms with Crippen LogP contribution >= 0.6 is 22.7 Å². The molecule has 4 aromatic rings. The van der Waals surface area contributed by atoms with E-state index in [-0.39, 0.29) is 12.7 Å². The molecule has 4 rings (SSSR count). The van der Waals surface area contributed by atoms with Crippen LogP contribution in [0.5, 0.6) is 0 Å². The molecule has 0 saturated heterocycles.